The molecule has 2 heterocycles. The number of methoxy groups -OCH3 is 1. The highest BCUT2D eigenvalue weighted by Gasteiger charge is 2.36. The number of hydrogen-bond acceptors (Lipinski definition) is 5. The van der Waals surface area contributed by atoms with Gasteiger partial charge in [-0.3, -0.25) is 9.59 Å². The Labute approximate surface area is 156 Å². The minimum Gasteiger partial charge on any atom is -0.465 e. The molecule has 4 rings (SSSR count). The lowest BCUT2D eigenvalue weighted by molar-refractivity contribution is -0.117. The highest BCUT2D eigenvalue weighted by Crippen LogP contribution is 2.37. The van der Waals surface area contributed by atoms with Crippen molar-refractivity contribution in [1.82, 2.24) is 0 Å². The molecule has 0 spiro atoms. The van der Waals surface area contributed by atoms with Crippen LogP contribution in [0.1, 0.15) is 33.6 Å². The minimum atomic E-state index is -0.470. The summed E-state index contributed by atoms with van der Waals surface area (Å²) in [7, 11) is 1.31. The van der Waals surface area contributed by atoms with Crippen LogP contribution in [0, 0.1) is 0 Å². The molecule has 0 aromatic heterocycles. The number of fused-ring (bicyclic) bond motifs is 3. The molecule has 2 aromatic rings. The maximum Gasteiger partial charge on any atom is 0.337 e. The third kappa shape index (κ3) is 3.12. The SMILES string of the molecule is COC(=O)c1cccc(NC(=O)c2ccc3c(c2)NC(=O)C2CCCN32)c1. The van der Waals surface area contributed by atoms with Gasteiger partial charge in [-0.05, 0) is 49.2 Å². The lowest BCUT2D eigenvalue weighted by Crippen LogP contribution is -2.43. The Balaban J connectivity index is 1.56. The van der Waals surface area contributed by atoms with Crippen LogP contribution < -0.4 is 15.5 Å². The van der Waals surface area contributed by atoms with Crippen LogP contribution >= 0.6 is 0 Å². The molecular formula is C20H19N3O4. The first-order valence-electron chi connectivity index (χ1n) is 8.78. The van der Waals surface area contributed by atoms with Gasteiger partial charge < -0.3 is 20.3 Å². The van der Waals surface area contributed by atoms with Gasteiger partial charge in [-0.1, -0.05) is 6.07 Å². The topological polar surface area (TPSA) is 87.7 Å². The number of carbonyl (C=O) groups is 3. The van der Waals surface area contributed by atoms with Gasteiger partial charge >= 0.3 is 5.97 Å². The molecule has 1 saturated heterocycles. The van der Waals surface area contributed by atoms with Crippen molar-refractivity contribution < 1.29 is 19.1 Å². The molecule has 0 saturated carbocycles. The van der Waals surface area contributed by atoms with Crippen LogP contribution in [0.4, 0.5) is 17.1 Å². The van der Waals surface area contributed by atoms with Crippen molar-refractivity contribution in [3.63, 3.8) is 0 Å². The molecule has 7 heteroatoms. The van der Waals surface area contributed by atoms with Crippen molar-refractivity contribution in [1.29, 1.82) is 0 Å². The molecule has 2 N–H and O–H groups in total. The van der Waals surface area contributed by atoms with E-state index in [9.17, 15) is 14.4 Å². The van der Waals surface area contributed by atoms with Crippen LogP contribution in [0.3, 0.4) is 0 Å². The predicted octanol–water partition coefficient (Wildman–Crippen LogP) is 2.65. The van der Waals surface area contributed by atoms with Crippen LogP contribution in [0.2, 0.25) is 0 Å². The fourth-order valence-corrected chi connectivity index (χ4v) is 3.62. The van der Waals surface area contributed by atoms with Crippen LogP contribution in [-0.4, -0.2) is 37.5 Å². The van der Waals surface area contributed by atoms with E-state index in [2.05, 4.69) is 15.5 Å². The quantitative estimate of drug-likeness (QED) is 0.817. The number of carbonyl (C=O) groups excluding carboxylic acids is 3. The highest BCUT2D eigenvalue weighted by molar-refractivity contribution is 6.09. The first kappa shape index (κ1) is 17.1. The number of anilines is 3. The van der Waals surface area contributed by atoms with Crippen LogP contribution in [0.15, 0.2) is 42.5 Å². The molecular weight excluding hydrogens is 346 g/mol. The lowest BCUT2D eigenvalue weighted by atomic mass is 10.1. The van der Waals surface area contributed by atoms with Gasteiger partial charge in [0.1, 0.15) is 6.04 Å². The van der Waals surface area contributed by atoms with E-state index in [-0.39, 0.29) is 17.9 Å². The van der Waals surface area contributed by atoms with Gasteiger partial charge in [0.05, 0.1) is 24.0 Å². The summed E-state index contributed by atoms with van der Waals surface area (Å²) in [5, 5.41) is 5.67. The van der Waals surface area contributed by atoms with E-state index >= 15 is 0 Å². The molecule has 1 fully saturated rings. The molecule has 2 amide bonds. The number of rotatable bonds is 3. The standard InChI is InChI=1S/C20H19N3O4/c1-27-20(26)13-4-2-5-14(10-13)21-18(24)12-7-8-16-15(11-12)22-19(25)17-6-3-9-23(16)17/h2,4-5,7-8,10-11,17H,3,6,9H2,1H3,(H,21,24)(H,22,25). The van der Waals surface area contributed by atoms with Crippen molar-refractivity contribution in [2.24, 2.45) is 0 Å². The monoisotopic (exact) mass is 365 g/mol. The summed E-state index contributed by atoms with van der Waals surface area (Å²) in [5.41, 5.74) is 2.86. The first-order valence-corrected chi connectivity index (χ1v) is 8.78. The maximum absolute atomic E-state index is 12.6. The predicted molar refractivity (Wildman–Crippen MR) is 101 cm³/mol. The molecule has 2 aliphatic heterocycles. The average molecular weight is 365 g/mol. The number of amides is 2. The number of esters is 1. The Kier molecular flexibility index (Phi) is 4.27. The maximum atomic E-state index is 12.6. The highest BCUT2D eigenvalue weighted by atomic mass is 16.5. The van der Waals surface area contributed by atoms with Crippen molar-refractivity contribution >= 4 is 34.8 Å². The molecule has 1 atom stereocenters. The number of nitrogens with one attached hydrogen (secondary N) is 2. The second-order valence-corrected chi connectivity index (χ2v) is 6.60. The van der Waals surface area contributed by atoms with Crippen LogP contribution in [0.5, 0.6) is 0 Å². The summed E-state index contributed by atoms with van der Waals surface area (Å²) in [6.07, 6.45) is 1.83. The van der Waals surface area contributed by atoms with Gasteiger partial charge in [0.25, 0.3) is 5.91 Å². The van der Waals surface area contributed by atoms with Gasteiger partial charge in [0.2, 0.25) is 5.91 Å². The molecule has 1 unspecified atom stereocenters. The zero-order valence-electron chi connectivity index (χ0n) is 14.8. The fraction of sp³-hybridized carbons (Fsp3) is 0.250. The van der Waals surface area contributed by atoms with E-state index in [0.29, 0.717) is 22.5 Å². The van der Waals surface area contributed by atoms with Crippen LogP contribution in [0.25, 0.3) is 0 Å². The van der Waals surface area contributed by atoms with E-state index in [1.54, 1.807) is 36.4 Å². The largest absolute Gasteiger partial charge is 0.465 e. The second kappa shape index (κ2) is 6.75. The average Bonchev–Trinajstić information content (AvgIpc) is 3.18. The van der Waals surface area contributed by atoms with Gasteiger partial charge in [-0.25, -0.2) is 4.79 Å². The Hall–Kier alpha value is -3.35. The molecule has 0 bridgehead atoms. The molecule has 0 radical (unpaired) electrons. The number of nitrogens with zero attached hydrogens (tertiary/aromatic N) is 1. The lowest BCUT2D eigenvalue weighted by Gasteiger charge is -2.33. The molecule has 0 aliphatic carbocycles. The molecule has 7 nitrogen and oxygen atoms in total. The van der Waals surface area contributed by atoms with E-state index in [1.165, 1.54) is 7.11 Å². The second-order valence-electron chi connectivity index (χ2n) is 6.60. The number of benzene rings is 2. The summed E-state index contributed by atoms with van der Waals surface area (Å²) in [6.45, 7) is 0.844. The Morgan fingerprint density at radius 2 is 2.04 bits per heavy atom. The van der Waals surface area contributed by atoms with Crippen molar-refractivity contribution in [3.05, 3.63) is 53.6 Å². The minimum absolute atomic E-state index is 0.0247. The van der Waals surface area contributed by atoms with Gasteiger partial charge in [-0.15, -0.1) is 0 Å². The fourth-order valence-electron chi connectivity index (χ4n) is 3.62. The summed E-state index contributed by atoms with van der Waals surface area (Å²) in [6, 6.07) is 11.7. The van der Waals surface area contributed by atoms with E-state index in [4.69, 9.17) is 4.74 Å². The van der Waals surface area contributed by atoms with Crippen LogP contribution in [-0.2, 0) is 9.53 Å². The third-order valence-corrected chi connectivity index (χ3v) is 4.92. The smallest absolute Gasteiger partial charge is 0.337 e. The van der Waals surface area contributed by atoms with Gasteiger partial charge in [0, 0.05) is 17.8 Å². The number of hydrogen-bond donors (Lipinski definition) is 2. The third-order valence-electron chi connectivity index (χ3n) is 4.92. The van der Waals surface area contributed by atoms with Gasteiger partial charge in [0.15, 0.2) is 0 Å². The Morgan fingerprint density at radius 3 is 2.85 bits per heavy atom. The zero-order chi connectivity index (χ0) is 19.0. The van der Waals surface area contributed by atoms with Gasteiger partial charge in [-0.2, -0.15) is 0 Å². The van der Waals surface area contributed by atoms with Crippen molar-refractivity contribution in [2.45, 2.75) is 18.9 Å². The molecule has 138 valence electrons. The summed E-state index contributed by atoms with van der Waals surface area (Å²) in [4.78, 5) is 38.6. The van der Waals surface area contributed by atoms with E-state index in [1.807, 2.05) is 6.07 Å². The normalized spacial score (nSPS) is 17.6. The van der Waals surface area contributed by atoms with Crippen molar-refractivity contribution in [3.8, 4) is 0 Å². The molecule has 27 heavy (non-hydrogen) atoms. The molecule has 2 aliphatic rings. The Bertz CT molecular complexity index is 941. The molecule has 2 aromatic carbocycles. The first-order chi connectivity index (χ1) is 13.1. The Morgan fingerprint density at radius 1 is 1.19 bits per heavy atom. The summed E-state index contributed by atoms with van der Waals surface area (Å²) < 4.78 is 4.69. The zero-order valence-corrected chi connectivity index (χ0v) is 14.8. The van der Waals surface area contributed by atoms with E-state index < -0.39 is 5.97 Å². The summed E-state index contributed by atoms with van der Waals surface area (Å²) in [5.74, 6) is -0.816. The number of ether oxygens (including phenoxy) is 1. The summed E-state index contributed by atoms with van der Waals surface area (Å²) >= 11 is 0. The van der Waals surface area contributed by atoms with E-state index in [0.717, 1.165) is 25.1 Å². The van der Waals surface area contributed by atoms with Crippen molar-refractivity contribution in [2.75, 3.05) is 29.2 Å².